The van der Waals surface area contributed by atoms with Gasteiger partial charge in [0, 0.05) is 12.0 Å². The van der Waals surface area contributed by atoms with Gasteiger partial charge < -0.3 is 9.47 Å². The maximum atomic E-state index is 12.7. The van der Waals surface area contributed by atoms with Crippen molar-refractivity contribution >= 4 is 16.1 Å². The first kappa shape index (κ1) is 16.6. The van der Waals surface area contributed by atoms with Crippen LogP contribution in [0.15, 0.2) is 29.7 Å². The van der Waals surface area contributed by atoms with E-state index < -0.39 is 16.3 Å². The summed E-state index contributed by atoms with van der Waals surface area (Å²) >= 11 is 0. The lowest BCUT2D eigenvalue weighted by Gasteiger charge is -2.36. The van der Waals surface area contributed by atoms with Crippen LogP contribution in [0.2, 0.25) is 0 Å². The summed E-state index contributed by atoms with van der Waals surface area (Å²) in [6, 6.07) is 7.54. The second-order valence-corrected chi connectivity index (χ2v) is 7.81. The van der Waals surface area contributed by atoms with Gasteiger partial charge in [-0.1, -0.05) is 36.2 Å². The second-order valence-electron chi connectivity index (χ2n) is 6.04. The molecule has 2 fully saturated rings. The molecule has 0 aromatic heterocycles. The Bertz CT molecular complexity index is 648. The van der Waals surface area contributed by atoms with Gasteiger partial charge in [0.05, 0.1) is 19.3 Å². The van der Waals surface area contributed by atoms with Crippen molar-refractivity contribution in [3.63, 3.8) is 0 Å². The van der Waals surface area contributed by atoms with Crippen molar-refractivity contribution in [3.8, 4) is 0 Å². The van der Waals surface area contributed by atoms with Crippen LogP contribution in [-0.4, -0.2) is 44.8 Å². The Morgan fingerprint density at radius 1 is 1.13 bits per heavy atom. The Hall–Kier alpha value is -1.21. The van der Waals surface area contributed by atoms with Crippen LogP contribution in [-0.2, 0) is 19.5 Å². The average molecular weight is 337 g/mol. The van der Waals surface area contributed by atoms with E-state index in [0.29, 0.717) is 19.8 Å². The van der Waals surface area contributed by atoms with Gasteiger partial charge in [-0.2, -0.15) is 4.31 Å². The number of hydrogen-bond acceptors (Lipinski definition) is 4. The van der Waals surface area contributed by atoms with Gasteiger partial charge in [0.15, 0.2) is 6.29 Å². The molecule has 0 radical (unpaired) electrons. The standard InChI is InChI=1S/C17H23NO4S/c1-14-5-7-15(8-6-14)9-13-23(19,20)18-10-3-2-4-16(18)17-21-11-12-22-17/h5-9,13,16-17H,2-4,10-12H2,1H3/b13-9+. The lowest BCUT2D eigenvalue weighted by molar-refractivity contribution is -0.0911. The number of rotatable bonds is 4. The van der Waals surface area contributed by atoms with E-state index in [9.17, 15) is 8.42 Å². The van der Waals surface area contributed by atoms with Crippen molar-refractivity contribution < 1.29 is 17.9 Å². The largest absolute Gasteiger partial charge is 0.349 e. The van der Waals surface area contributed by atoms with Crippen molar-refractivity contribution in [2.45, 2.75) is 38.5 Å². The maximum absolute atomic E-state index is 12.7. The van der Waals surface area contributed by atoms with E-state index in [1.54, 1.807) is 6.08 Å². The topological polar surface area (TPSA) is 55.8 Å². The minimum absolute atomic E-state index is 0.223. The van der Waals surface area contributed by atoms with Gasteiger partial charge in [0.1, 0.15) is 0 Å². The SMILES string of the molecule is Cc1ccc(/C=C/S(=O)(=O)N2CCCCC2C2OCCO2)cc1. The van der Waals surface area contributed by atoms with Gasteiger partial charge in [0.25, 0.3) is 0 Å². The van der Waals surface area contributed by atoms with Crippen molar-refractivity contribution in [2.75, 3.05) is 19.8 Å². The highest BCUT2D eigenvalue weighted by Gasteiger charge is 2.38. The molecule has 0 N–H and O–H groups in total. The summed E-state index contributed by atoms with van der Waals surface area (Å²) in [6.07, 6.45) is 3.87. The minimum atomic E-state index is -3.49. The van der Waals surface area contributed by atoms with Gasteiger partial charge in [-0.05, 0) is 31.4 Å². The average Bonchev–Trinajstić information content (AvgIpc) is 3.09. The molecule has 1 unspecified atom stereocenters. The maximum Gasteiger partial charge on any atom is 0.236 e. The Morgan fingerprint density at radius 2 is 1.83 bits per heavy atom. The van der Waals surface area contributed by atoms with Gasteiger partial charge in [-0.25, -0.2) is 8.42 Å². The molecule has 0 aliphatic carbocycles. The number of piperidine rings is 1. The zero-order chi connectivity index (χ0) is 16.3. The number of nitrogens with zero attached hydrogens (tertiary/aromatic N) is 1. The van der Waals surface area contributed by atoms with Crippen molar-refractivity contribution in [1.29, 1.82) is 0 Å². The first-order valence-electron chi connectivity index (χ1n) is 8.06. The molecule has 2 saturated heterocycles. The zero-order valence-corrected chi connectivity index (χ0v) is 14.2. The normalized spacial score (nSPS) is 24.5. The molecule has 0 bridgehead atoms. The van der Waals surface area contributed by atoms with E-state index in [1.807, 2.05) is 31.2 Å². The molecular formula is C17H23NO4S. The summed E-state index contributed by atoms with van der Waals surface area (Å²) in [5.74, 6) is 0. The molecule has 0 amide bonds. The second kappa shape index (κ2) is 7.13. The molecule has 126 valence electrons. The molecule has 23 heavy (non-hydrogen) atoms. The predicted molar refractivity (Wildman–Crippen MR) is 89.2 cm³/mol. The molecule has 2 heterocycles. The summed E-state index contributed by atoms with van der Waals surface area (Å²) in [5, 5.41) is 1.30. The third-order valence-electron chi connectivity index (χ3n) is 4.30. The summed E-state index contributed by atoms with van der Waals surface area (Å²) < 4.78 is 38.1. The van der Waals surface area contributed by atoms with Crippen LogP contribution < -0.4 is 0 Å². The summed E-state index contributed by atoms with van der Waals surface area (Å²) in [6.45, 7) is 3.60. The Labute approximate surface area is 137 Å². The zero-order valence-electron chi connectivity index (χ0n) is 13.3. The third-order valence-corrected chi connectivity index (χ3v) is 5.88. The Balaban J connectivity index is 1.77. The molecule has 2 aliphatic heterocycles. The first-order valence-corrected chi connectivity index (χ1v) is 9.56. The number of sulfonamides is 1. The molecule has 1 aromatic carbocycles. The van der Waals surface area contributed by atoms with Crippen molar-refractivity contribution in [2.24, 2.45) is 0 Å². The van der Waals surface area contributed by atoms with Crippen LogP contribution >= 0.6 is 0 Å². The van der Waals surface area contributed by atoms with Gasteiger partial charge >= 0.3 is 0 Å². The molecule has 0 saturated carbocycles. The Kier molecular flexibility index (Phi) is 5.16. The smallest absolute Gasteiger partial charge is 0.236 e. The van der Waals surface area contributed by atoms with Crippen LogP contribution in [0.5, 0.6) is 0 Å². The van der Waals surface area contributed by atoms with Gasteiger partial charge in [-0.15, -0.1) is 0 Å². The number of aryl methyl sites for hydroxylation is 1. The monoisotopic (exact) mass is 337 g/mol. The van der Waals surface area contributed by atoms with E-state index >= 15 is 0 Å². The van der Waals surface area contributed by atoms with E-state index in [2.05, 4.69) is 0 Å². The highest BCUT2D eigenvalue weighted by atomic mass is 32.2. The fourth-order valence-corrected chi connectivity index (χ4v) is 4.49. The first-order chi connectivity index (χ1) is 11.1. The van der Waals surface area contributed by atoms with E-state index in [1.165, 1.54) is 9.71 Å². The van der Waals surface area contributed by atoms with Gasteiger partial charge in [-0.3, -0.25) is 0 Å². The summed E-state index contributed by atoms with van der Waals surface area (Å²) in [5.41, 5.74) is 2.03. The molecule has 1 aromatic rings. The van der Waals surface area contributed by atoms with E-state index in [4.69, 9.17) is 9.47 Å². The van der Waals surface area contributed by atoms with Crippen molar-refractivity contribution in [1.82, 2.24) is 4.31 Å². The molecule has 5 nitrogen and oxygen atoms in total. The predicted octanol–water partition coefficient (Wildman–Crippen LogP) is 2.52. The minimum Gasteiger partial charge on any atom is -0.349 e. The molecule has 1 atom stereocenters. The van der Waals surface area contributed by atoms with Crippen LogP contribution in [0, 0.1) is 6.92 Å². The van der Waals surface area contributed by atoms with Crippen LogP contribution in [0.3, 0.4) is 0 Å². The molecule has 2 aliphatic rings. The van der Waals surface area contributed by atoms with E-state index in [-0.39, 0.29) is 6.04 Å². The van der Waals surface area contributed by atoms with Crippen LogP contribution in [0.25, 0.3) is 6.08 Å². The quantitative estimate of drug-likeness (QED) is 0.847. The molecular weight excluding hydrogens is 314 g/mol. The van der Waals surface area contributed by atoms with Crippen LogP contribution in [0.1, 0.15) is 30.4 Å². The highest BCUT2D eigenvalue weighted by molar-refractivity contribution is 7.92. The number of ether oxygens (including phenoxy) is 2. The summed E-state index contributed by atoms with van der Waals surface area (Å²) in [4.78, 5) is 0. The molecule has 3 rings (SSSR count). The fourth-order valence-electron chi connectivity index (χ4n) is 3.04. The number of hydrogen-bond donors (Lipinski definition) is 0. The number of benzene rings is 1. The lowest BCUT2D eigenvalue weighted by atomic mass is 10.0. The molecule has 6 heteroatoms. The van der Waals surface area contributed by atoms with Crippen molar-refractivity contribution in [3.05, 3.63) is 40.8 Å². The van der Waals surface area contributed by atoms with Crippen LogP contribution in [0.4, 0.5) is 0 Å². The third kappa shape index (κ3) is 4.01. The molecule has 0 spiro atoms. The lowest BCUT2D eigenvalue weighted by Crippen LogP contribution is -2.49. The fraction of sp³-hybridized carbons (Fsp3) is 0.529. The van der Waals surface area contributed by atoms with E-state index in [0.717, 1.165) is 30.4 Å². The summed E-state index contributed by atoms with van der Waals surface area (Å²) in [7, 11) is -3.49. The Morgan fingerprint density at radius 3 is 2.52 bits per heavy atom. The van der Waals surface area contributed by atoms with Gasteiger partial charge in [0.2, 0.25) is 10.0 Å². The highest BCUT2D eigenvalue weighted by Crippen LogP contribution is 2.27.